The minimum Gasteiger partial charge on any atom is -0.337 e. The lowest BCUT2D eigenvalue weighted by Gasteiger charge is -2.54. The van der Waals surface area contributed by atoms with Gasteiger partial charge in [0.1, 0.15) is 0 Å². The Morgan fingerprint density at radius 3 is 2.59 bits per heavy atom. The van der Waals surface area contributed by atoms with E-state index in [0.717, 1.165) is 5.56 Å². The summed E-state index contributed by atoms with van der Waals surface area (Å²) in [7, 11) is -1.95. The second kappa shape index (κ2) is 6.21. The summed E-state index contributed by atoms with van der Waals surface area (Å²) in [5, 5.41) is 2.66. The Bertz CT molecular complexity index is 631. The zero-order valence-electron chi connectivity index (χ0n) is 13.0. The van der Waals surface area contributed by atoms with E-state index < -0.39 is 10.0 Å². The number of rotatable bonds is 5. The minimum absolute atomic E-state index is 0.0181. The summed E-state index contributed by atoms with van der Waals surface area (Å²) in [5.74, 6) is -0.133. The summed E-state index contributed by atoms with van der Waals surface area (Å²) < 4.78 is 24.9. The number of amides is 2. The maximum absolute atomic E-state index is 12.3. The Morgan fingerprint density at radius 2 is 2.05 bits per heavy atom. The van der Waals surface area contributed by atoms with Crippen LogP contribution in [0.25, 0.3) is 0 Å². The van der Waals surface area contributed by atoms with Gasteiger partial charge in [0.05, 0.1) is 11.8 Å². The maximum Gasteiger partial charge on any atom is 0.317 e. The monoisotopic (exact) mass is 326 g/mol. The van der Waals surface area contributed by atoms with Gasteiger partial charge in [-0.25, -0.2) is 17.9 Å². The summed E-state index contributed by atoms with van der Waals surface area (Å²) in [5.41, 5.74) is 1.01. The average Bonchev–Trinajstić information content (AvgIpc) is 2.46. The van der Waals surface area contributed by atoms with Crippen molar-refractivity contribution in [2.75, 3.05) is 25.9 Å². The van der Waals surface area contributed by atoms with Crippen molar-refractivity contribution >= 4 is 16.1 Å². The standard InChI is InChI=1S/C14H22N4O3S/c1-14(2)10-18(12(14)11-4-6-16-7-5-11)13(19)17-8-9-22(20,21)15-3/h4-7,12,15H,8-10H2,1-3H3,(H,17,19). The molecule has 2 rings (SSSR count). The van der Waals surface area contributed by atoms with Crippen LogP contribution in [0.5, 0.6) is 0 Å². The molecule has 1 aliphatic heterocycles. The van der Waals surface area contributed by atoms with Crippen LogP contribution < -0.4 is 10.0 Å². The number of nitrogens with one attached hydrogen (secondary N) is 2. The molecule has 0 aliphatic carbocycles. The van der Waals surface area contributed by atoms with Gasteiger partial charge in [-0.1, -0.05) is 13.8 Å². The second-order valence-electron chi connectivity index (χ2n) is 6.05. The van der Waals surface area contributed by atoms with Crippen LogP contribution in [-0.2, 0) is 10.0 Å². The molecule has 1 aliphatic rings. The number of likely N-dealkylation sites (tertiary alicyclic amines) is 1. The van der Waals surface area contributed by atoms with Gasteiger partial charge in [-0.05, 0) is 24.7 Å². The van der Waals surface area contributed by atoms with E-state index in [1.165, 1.54) is 7.05 Å². The van der Waals surface area contributed by atoms with Crippen LogP contribution in [0.3, 0.4) is 0 Å². The molecule has 1 aromatic rings. The van der Waals surface area contributed by atoms with Crippen LogP contribution >= 0.6 is 0 Å². The fraction of sp³-hybridized carbons (Fsp3) is 0.571. The molecule has 0 radical (unpaired) electrons. The molecule has 2 heterocycles. The molecular weight excluding hydrogens is 304 g/mol. The average molecular weight is 326 g/mol. The van der Waals surface area contributed by atoms with Gasteiger partial charge >= 0.3 is 6.03 Å². The lowest BCUT2D eigenvalue weighted by atomic mass is 9.72. The molecule has 1 saturated heterocycles. The van der Waals surface area contributed by atoms with Gasteiger partial charge < -0.3 is 10.2 Å². The van der Waals surface area contributed by atoms with Gasteiger partial charge in [0.2, 0.25) is 10.0 Å². The first-order valence-electron chi connectivity index (χ1n) is 7.12. The van der Waals surface area contributed by atoms with E-state index >= 15 is 0 Å². The first kappa shape index (κ1) is 16.7. The summed E-state index contributed by atoms with van der Waals surface area (Å²) in [6.45, 7) is 4.92. The van der Waals surface area contributed by atoms with Crippen molar-refractivity contribution in [3.05, 3.63) is 30.1 Å². The van der Waals surface area contributed by atoms with Crippen molar-refractivity contribution in [2.24, 2.45) is 5.41 Å². The van der Waals surface area contributed by atoms with E-state index in [0.29, 0.717) is 6.54 Å². The van der Waals surface area contributed by atoms with Gasteiger partial charge in [-0.15, -0.1) is 0 Å². The molecule has 7 nitrogen and oxygen atoms in total. The largest absolute Gasteiger partial charge is 0.337 e. The SMILES string of the molecule is CNS(=O)(=O)CCNC(=O)N1CC(C)(C)C1c1ccncc1. The van der Waals surface area contributed by atoms with Crippen LogP contribution in [0.2, 0.25) is 0 Å². The third-order valence-electron chi connectivity index (χ3n) is 3.87. The number of aromatic nitrogens is 1. The Balaban J connectivity index is 1.99. The molecule has 2 N–H and O–H groups in total. The normalized spacial score (nSPS) is 20.3. The highest BCUT2D eigenvalue weighted by Crippen LogP contribution is 2.47. The molecule has 1 unspecified atom stereocenters. The number of hydrogen-bond acceptors (Lipinski definition) is 4. The first-order valence-corrected chi connectivity index (χ1v) is 8.78. The quantitative estimate of drug-likeness (QED) is 0.834. The molecule has 22 heavy (non-hydrogen) atoms. The van der Waals surface area contributed by atoms with Crippen molar-refractivity contribution < 1.29 is 13.2 Å². The predicted octanol–water partition coefficient (Wildman–Crippen LogP) is 0.723. The zero-order chi connectivity index (χ0) is 16.4. The molecule has 1 atom stereocenters. The van der Waals surface area contributed by atoms with Crippen molar-refractivity contribution in [3.63, 3.8) is 0 Å². The van der Waals surface area contributed by atoms with Crippen LogP contribution in [0.4, 0.5) is 4.79 Å². The summed E-state index contributed by atoms with van der Waals surface area (Å²) in [6, 6.07) is 3.53. The van der Waals surface area contributed by atoms with E-state index in [1.807, 2.05) is 12.1 Å². The number of sulfonamides is 1. The van der Waals surface area contributed by atoms with Crippen molar-refractivity contribution in [2.45, 2.75) is 19.9 Å². The second-order valence-corrected chi connectivity index (χ2v) is 8.10. The third-order valence-corrected chi connectivity index (χ3v) is 5.23. The highest BCUT2D eigenvalue weighted by Gasteiger charge is 2.48. The number of carbonyl (C=O) groups excluding carboxylic acids is 1. The maximum atomic E-state index is 12.3. The number of hydrogen-bond donors (Lipinski definition) is 2. The molecule has 122 valence electrons. The number of pyridine rings is 1. The van der Waals surface area contributed by atoms with Crippen molar-refractivity contribution in [1.82, 2.24) is 19.9 Å². The van der Waals surface area contributed by atoms with E-state index in [4.69, 9.17) is 0 Å². The molecule has 2 amide bonds. The number of carbonyl (C=O) groups is 1. The molecule has 0 spiro atoms. The van der Waals surface area contributed by atoms with Crippen LogP contribution in [0.1, 0.15) is 25.5 Å². The van der Waals surface area contributed by atoms with Gasteiger partial charge in [0.15, 0.2) is 0 Å². The van der Waals surface area contributed by atoms with Crippen LogP contribution in [0, 0.1) is 5.41 Å². The summed E-state index contributed by atoms with van der Waals surface area (Å²) >= 11 is 0. The molecule has 1 fully saturated rings. The summed E-state index contributed by atoms with van der Waals surface area (Å²) in [4.78, 5) is 18.0. The first-order chi connectivity index (χ1) is 10.3. The van der Waals surface area contributed by atoms with E-state index in [2.05, 4.69) is 28.9 Å². The fourth-order valence-electron chi connectivity index (χ4n) is 2.79. The Hall–Kier alpha value is -1.67. The molecule has 1 aromatic heterocycles. The van der Waals surface area contributed by atoms with Gasteiger partial charge in [0, 0.05) is 30.9 Å². The minimum atomic E-state index is -3.31. The summed E-state index contributed by atoms with van der Waals surface area (Å²) in [6.07, 6.45) is 3.42. The lowest BCUT2D eigenvalue weighted by Crippen LogP contribution is -2.60. The third kappa shape index (κ3) is 3.56. The van der Waals surface area contributed by atoms with Gasteiger partial charge in [0.25, 0.3) is 0 Å². The molecule has 0 bridgehead atoms. The number of nitrogens with zero attached hydrogens (tertiary/aromatic N) is 2. The molecule has 0 saturated carbocycles. The Kier molecular flexibility index (Phi) is 4.72. The van der Waals surface area contributed by atoms with Crippen molar-refractivity contribution in [3.8, 4) is 0 Å². The van der Waals surface area contributed by atoms with Crippen molar-refractivity contribution in [1.29, 1.82) is 0 Å². The molecular formula is C14H22N4O3S. The predicted molar refractivity (Wildman–Crippen MR) is 83.7 cm³/mol. The van der Waals surface area contributed by atoms with Crippen LogP contribution in [-0.4, -0.2) is 50.2 Å². The molecule has 0 aromatic carbocycles. The topological polar surface area (TPSA) is 91.4 Å². The Labute approximate surface area is 131 Å². The molecule has 8 heteroatoms. The fourth-order valence-corrected chi connectivity index (χ4v) is 3.36. The zero-order valence-corrected chi connectivity index (χ0v) is 13.9. The lowest BCUT2D eigenvalue weighted by molar-refractivity contribution is -0.0163. The smallest absolute Gasteiger partial charge is 0.317 e. The van der Waals surface area contributed by atoms with Crippen LogP contribution in [0.15, 0.2) is 24.5 Å². The van der Waals surface area contributed by atoms with E-state index in [1.54, 1.807) is 17.3 Å². The highest BCUT2D eigenvalue weighted by molar-refractivity contribution is 7.89. The van der Waals surface area contributed by atoms with E-state index in [9.17, 15) is 13.2 Å². The highest BCUT2D eigenvalue weighted by atomic mass is 32.2. The van der Waals surface area contributed by atoms with Gasteiger partial charge in [-0.3, -0.25) is 4.98 Å². The van der Waals surface area contributed by atoms with E-state index in [-0.39, 0.29) is 29.8 Å². The van der Waals surface area contributed by atoms with Gasteiger partial charge in [-0.2, -0.15) is 0 Å². The number of urea groups is 1. The Morgan fingerprint density at radius 1 is 1.41 bits per heavy atom.